The Hall–Kier alpha value is -2.27. The van der Waals surface area contributed by atoms with Crippen LogP contribution in [-0.4, -0.2) is 90.6 Å². The molecule has 6 rings (SSSR count). The molecule has 1 saturated carbocycles. The zero-order valence-electron chi connectivity index (χ0n) is 22.7. The fourth-order valence-electron chi connectivity index (χ4n) is 7.04. The molecule has 3 saturated heterocycles. The van der Waals surface area contributed by atoms with Crippen LogP contribution in [0, 0.1) is 5.82 Å². The lowest BCUT2D eigenvalue weighted by Crippen LogP contribution is -2.59. The van der Waals surface area contributed by atoms with Gasteiger partial charge in [-0.3, -0.25) is 24.6 Å². The molecule has 214 valence electrons. The topological polar surface area (TPSA) is 94.2 Å². The first kappa shape index (κ1) is 28.3. The minimum absolute atomic E-state index is 0. The summed E-state index contributed by atoms with van der Waals surface area (Å²) in [6, 6.07) is 2.72. The largest absolute Gasteiger partial charge is 0.375 e. The number of fused-ring (bicyclic) bond motifs is 1. The van der Waals surface area contributed by atoms with Crippen molar-refractivity contribution < 1.29 is 23.5 Å². The molecule has 1 aliphatic carbocycles. The summed E-state index contributed by atoms with van der Waals surface area (Å²) in [7, 11) is 0. The molecule has 1 aromatic carbocycles. The zero-order valence-corrected chi connectivity index (χ0v) is 23.5. The molecular formula is C28H39ClFN5O4. The van der Waals surface area contributed by atoms with Crippen LogP contribution < -0.4 is 15.5 Å². The molecule has 0 radical (unpaired) electrons. The number of anilines is 1. The highest BCUT2D eigenvalue weighted by Crippen LogP contribution is 2.42. The van der Waals surface area contributed by atoms with Gasteiger partial charge in [-0.25, -0.2) is 4.39 Å². The van der Waals surface area contributed by atoms with E-state index in [4.69, 9.17) is 4.74 Å². The van der Waals surface area contributed by atoms with Crippen molar-refractivity contribution in [2.45, 2.75) is 88.7 Å². The van der Waals surface area contributed by atoms with Crippen molar-refractivity contribution >= 4 is 35.8 Å². The summed E-state index contributed by atoms with van der Waals surface area (Å²) in [6.45, 7) is 8.42. The molecule has 0 spiro atoms. The fourth-order valence-corrected chi connectivity index (χ4v) is 7.04. The summed E-state index contributed by atoms with van der Waals surface area (Å²) in [4.78, 5) is 43.3. The Bertz CT molecular complexity index is 1130. The minimum atomic E-state index is -0.766. The van der Waals surface area contributed by atoms with Crippen molar-refractivity contribution in [2.24, 2.45) is 0 Å². The van der Waals surface area contributed by atoms with E-state index in [1.165, 1.54) is 4.90 Å². The molecule has 2 N–H and O–H groups in total. The quantitative estimate of drug-likeness (QED) is 0.531. The smallest absolute Gasteiger partial charge is 0.255 e. The van der Waals surface area contributed by atoms with E-state index >= 15 is 4.39 Å². The summed E-state index contributed by atoms with van der Waals surface area (Å²) in [5.74, 6) is -1.55. The fraction of sp³-hybridized carbons (Fsp3) is 0.679. The summed E-state index contributed by atoms with van der Waals surface area (Å²) in [5.41, 5.74) is 1.18. The first-order chi connectivity index (χ1) is 18.3. The number of imide groups is 1. The van der Waals surface area contributed by atoms with Gasteiger partial charge in [-0.05, 0) is 71.2 Å². The second-order valence-electron chi connectivity index (χ2n) is 11.6. The van der Waals surface area contributed by atoms with Crippen LogP contribution in [0.2, 0.25) is 0 Å². The molecule has 4 aliphatic heterocycles. The summed E-state index contributed by atoms with van der Waals surface area (Å²) in [6.07, 6.45) is 5.51. The normalized spacial score (nSPS) is 32.0. The molecule has 39 heavy (non-hydrogen) atoms. The van der Waals surface area contributed by atoms with Crippen LogP contribution in [0.5, 0.6) is 0 Å². The molecule has 9 nitrogen and oxygen atoms in total. The average molecular weight is 564 g/mol. The number of halogens is 2. The first-order valence-electron chi connectivity index (χ1n) is 14.2. The van der Waals surface area contributed by atoms with Gasteiger partial charge in [0.25, 0.3) is 5.91 Å². The Balaban J connectivity index is 0.00000308. The van der Waals surface area contributed by atoms with Crippen LogP contribution in [0.3, 0.4) is 0 Å². The van der Waals surface area contributed by atoms with Crippen LogP contribution in [0.15, 0.2) is 12.1 Å². The van der Waals surface area contributed by atoms with Gasteiger partial charge in [0, 0.05) is 49.3 Å². The highest BCUT2D eigenvalue weighted by atomic mass is 35.5. The van der Waals surface area contributed by atoms with Gasteiger partial charge in [0.1, 0.15) is 6.04 Å². The van der Waals surface area contributed by atoms with Crippen LogP contribution in [0.4, 0.5) is 10.1 Å². The monoisotopic (exact) mass is 563 g/mol. The molecule has 5 aliphatic rings. The van der Waals surface area contributed by atoms with E-state index in [2.05, 4.69) is 27.4 Å². The van der Waals surface area contributed by atoms with Gasteiger partial charge in [0.15, 0.2) is 5.82 Å². The lowest BCUT2D eigenvalue weighted by Gasteiger charge is -2.49. The number of hydrogen-bond acceptors (Lipinski definition) is 7. The average Bonchev–Trinajstić information content (AvgIpc) is 3.13. The Morgan fingerprint density at radius 2 is 1.74 bits per heavy atom. The number of nitrogens with zero attached hydrogens (tertiary/aromatic N) is 3. The third-order valence-corrected chi connectivity index (χ3v) is 9.23. The van der Waals surface area contributed by atoms with Gasteiger partial charge in [-0.2, -0.15) is 0 Å². The molecule has 3 amide bonds. The van der Waals surface area contributed by atoms with E-state index in [1.807, 2.05) is 0 Å². The molecule has 11 heteroatoms. The molecule has 1 aromatic rings. The third-order valence-electron chi connectivity index (χ3n) is 9.23. The van der Waals surface area contributed by atoms with Gasteiger partial charge < -0.3 is 19.9 Å². The minimum Gasteiger partial charge on any atom is -0.375 e. The first-order valence-corrected chi connectivity index (χ1v) is 14.2. The van der Waals surface area contributed by atoms with Crippen LogP contribution in [0.1, 0.15) is 74.3 Å². The van der Waals surface area contributed by atoms with Crippen molar-refractivity contribution in [3.05, 3.63) is 29.1 Å². The Morgan fingerprint density at radius 1 is 1.00 bits per heavy atom. The summed E-state index contributed by atoms with van der Waals surface area (Å²) >= 11 is 0. The second-order valence-corrected chi connectivity index (χ2v) is 11.6. The highest BCUT2D eigenvalue weighted by molar-refractivity contribution is 6.06. The molecule has 3 atom stereocenters. The molecule has 1 unspecified atom stereocenters. The zero-order chi connectivity index (χ0) is 26.6. The van der Waals surface area contributed by atoms with E-state index in [9.17, 15) is 14.4 Å². The maximum atomic E-state index is 16.1. The predicted octanol–water partition coefficient (Wildman–Crippen LogP) is 2.38. The number of carbonyl (C=O) groups excluding carboxylic acids is 3. The lowest BCUT2D eigenvalue weighted by atomic mass is 9.86. The molecule has 0 bridgehead atoms. The summed E-state index contributed by atoms with van der Waals surface area (Å²) in [5, 5.41) is 5.70. The number of carbonyl (C=O) groups is 3. The molecule has 4 heterocycles. The Kier molecular flexibility index (Phi) is 8.20. The van der Waals surface area contributed by atoms with E-state index in [1.54, 1.807) is 19.1 Å². The maximum absolute atomic E-state index is 16.1. The number of nitrogens with one attached hydrogen (secondary N) is 2. The van der Waals surface area contributed by atoms with Crippen molar-refractivity contribution in [3.63, 3.8) is 0 Å². The molecular weight excluding hydrogens is 525 g/mol. The molecule has 0 aromatic heterocycles. The van der Waals surface area contributed by atoms with Crippen LogP contribution in [0.25, 0.3) is 0 Å². The highest BCUT2D eigenvalue weighted by Gasteiger charge is 2.45. The van der Waals surface area contributed by atoms with Crippen molar-refractivity contribution in [1.82, 2.24) is 20.4 Å². The number of piperidine rings is 2. The van der Waals surface area contributed by atoms with E-state index in [0.717, 1.165) is 51.9 Å². The standard InChI is InChI=1S/C28H38FN5O4.ClH/c1-16-15-32(18-13-20(14-18)38-19-7-9-30-10-8-19)11-12-33(16)22-4-3-21-25(26(22)29)17(2)34(28(21)37)23-5-6-24(35)31-27(23)36;/h3-4,16-20,23,30H,5-15H2,1-2H3,(H,31,35,36);1H/t16-,17-,18?,20?,23?;/m1./s1. The number of ether oxygens (including phenoxy) is 1. The maximum Gasteiger partial charge on any atom is 0.255 e. The molecule has 4 fully saturated rings. The van der Waals surface area contributed by atoms with Gasteiger partial charge >= 0.3 is 0 Å². The predicted molar refractivity (Wildman–Crippen MR) is 147 cm³/mol. The second kappa shape index (κ2) is 11.3. The van der Waals surface area contributed by atoms with E-state index in [0.29, 0.717) is 41.6 Å². The Morgan fingerprint density at radius 3 is 2.44 bits per heavy atom. The number of hydrogen-bond donors (Lipinski definition) is 2. The van der Waals surface area contributed by atoms with Gasteiger partial charge in [0.2, 0.25) is 11.8 Å². The number of benzene rings is 1. The summed E-state index contributed by atoms with van der Waals surface area (Å²) < 4.78 is 22.4. The van der Waals surface area contributed by atoms with Gasteiger partial charge in [-0.15, -0.1) is 12.4 Å². The van der Waals surface area contributed by atoms with Crippen molar-refractivity contribution in [3.8, 4) is 0 Å². The van der Waals surface area contributed by atoms with E-state index in [-0.39, 0.29) is 48.9 Å². The van der Waals surface area contributed by atoms with Gasteiger partial charge in [0.05, 0.1) is 23.9 Å². The van der Waals surface area contributed by atoms with Crippen LogP contribution >= 0.6 is 12.4 Å². The number of amides is 3. The van der Waals surface area contributed by atoms with Gasteiger partial charge in [-0.1, -0.05) is 0 Å². The van der Waals surface area contributed by atoms with Crippen molar-refractivity contribution in [1.29, 1.82) is 0 Å². The number of piperazine rings is 1. The lowest BCUT2D eigenvalue weighted by molar-refractivity contribution is -0.137. The van der Waals surface area contributed by atoms with Crippen LogP contribution in [-0.2, 0) is 14.3 Å². The van der Waals surface area contributed by atoms with E-state index < -0.39 is 18.0 Å². The number of rotatable bonds is 5. The third kappa shape index (κ3) is 5.16. The SMILES string of the molecule is C[C@@H]1CN(C2CC(OC3CCNCC3)C2)CCN1c1ccc2c(c1F)[C@@H](C)N(C1CCC(=O)NC1=O)C2=O.Cl. The Labute approximate surface area is 235 Å². The van der Waals surface area contributed by atoms with Crippen molar-refractivity contribution in [2.75, 3.05) is 37.6 Å².